The molecule has 0 spiro atoms. The molecular formula is C17H23ClN2O. The number of nitrogens with zero attached hydrogens (tertiary/aromatic N) is 1. The first-order valence-corrected chi connectivity index (χ1v) is 8.35. The summed E-state index contributed by atoms with van der Waals surface area (Å²) < 4.78 is 0. The zero-order valence-electron chi connectivity index (χ0n) is 12.4. The van der Waals surface area contributed by atoms with Crippen molar-refractivity contribution in [1.82, 2.24) is 10.2 Å². The van der Waals surface area contributed by atoms with Crippen molar-refractivity contribution in [2.24, 2.45) is 0 Å². The van der Waals surface area contributed by atoms with Crippen LogP contribution in [0.25, 0.3) is 0 Å². The molecule has 1 heterocycles. The van der Waals surface area contributed by atoms with Gasteiger partial charge in [-0.25, -0.2) is 0 Å². The van der Waals surface area contributed by atoms with Gasteiger partial charge in [0, 0.05) is 5.02 Å². The number of benzene rings is 1. The van der Waals surface area contributed by atoms with Gasteiger partial charge in [-0.05, 0) is 56.5 Å². The van der Waals surface area contributed by atoms with E-state index < -0.39 is 0 Å². The van der Waals surface area contributed by atoms with Crippen molar-refractivity contribution in [2.45, 2.75) is 44.1 Å². The lowest BCUT2D eigenvalue weighted by atomic mass is 10.1. The first-order chi connectivity index (χ1) is 10.2. The predicted molar refractivity (Wildman–Crippen MR) is 85.4 cm³/mol. The van der Waals surface area contributed by atoms with E-state index in [4.69, 9.17) is 11.6 Å². The third-order valence-electron chi connectivity index (χ3n) is 4.57. The Morgan fingerprint density at radius 1 is 1.19 bits per heavy atom. The van der Waals surface area contributed by atoms with Gasteiger partial charge in [-0.2, -0.15) is 0 Å². The second-order valence-corrected chi connectivity index (χ2v) is 6.77. The molecule has 0 bridgehead atoms. The number of halogens is 1. The summed E-state index contributed by atoms with van der Waals surface area (Å²) in [6.45, 7) is 2.64. The van der Waals surface area contributed by atoms with Crippen molar-refractivity contribution in [2.75, 3.05) is 19.6 Å². The quantitative estimate of drug-likeness (QED) is 0.925. The van der Waals surface area contributed by atoms with Gasteiger partial charge in [-0.15, -0.1) is 0 Å². The molecule has 1 saturated carbocycles. The number of likely N-dealkylation sites (tertiary alicyclic amines) is 1. The summed E-state index contributed by atoms with van der Waals surface area (Å²) in [6, 6.07) is 7.87. The molecule has 21 heavy (non-hydrogen) atoms. The summed E-state index contributed by atoms with van der Waals surface area (Å²) in [5.41, 5.74) is 0.979. The molecule has 3 nitrogen and oxygen atoms in total. The Morgan fingerprint density at radius 3 is 2.52 bits per heavy atom. The highest BCUT2D eigenvalue weighted by Gasteiger charge is 2.45. The van der Waals surface area contributed by atoms with E-state index in [9.17, 15) is 4.79 Å². The summed E-state index contributed by atoms with van der Waals surface area (Å²) in [5.74, 6) is 0.148. The van der Waals surface area contributed by atoms with E-state index in [2.05, 4.69) is 16.3 Å². The van der Waals surface area contributed by atoms with E-state index in [0.29, 0.717) is 6.54 Å². The lowest BCUT2D eigenvalue weighted by Crippen LogP contribution is -2.42. The summed E-state index contributed by atoms with van der Waals surface area (Å²) >= 11 is 6.07. The average Bonchev–Trinajstić information content (AvgIpc) is 3.25. The van der Waals surface area contributed by atoms with Crippen molar-refractivity contribution in [1.29, 1.82) is 0 Å². The number of rotatable bonds is 4. The highest BCUT2D eigenvalue weighted by molar-refractivity contribution is 6.30. The maximum absolute atomic E-state index is 12.4. The van der Waals surface area contributed by atoms with Crippen LogP contribution in [0.2, 0.25) is 5.02 Å². The lowest BCUT2D eigenvalue weighted by molar-refractivity contribution is -0.123. The minimum Gasteiger partial charge on any atom is -0.345 e. The largest absolute Gasteiger partial charge is 0.345 e. The molecule has 114 valence electrons. The van der Waals surface area contributed by atoms with E-state index in [1.165, 1.54) is 25.7 Å². The highest BCUT2D eigenvalue weighted by atomic mass is 35.5. The van der Waals surface area contributed by atoms with E-state index in [1.807, 2.05) is 18.2 Å². The molecule has 0 aromatic heterocycles. The third-order valence-corrected chi connectivity index (χ3v) is 4.81. The van der Waals surface area contributed by atoms with Crippen LogP contribution in [-0.2, 0) is 10.3 Å². The number of amides is 1. The predicted octanol–water partition coefficient (Wildman–Crippen LogP) is 3.32. The fourth-order valence-corrected chi connectivity index (χ4v) is 3.39. The van der Waals surface area contributed by atoms with Crippen LogP contribution in [0.1, 0.15) is 44.1 Å². The van der Waals surface area contributed by atoms with Gasteiger partial charge in [-0.3, -0.25) is 9.69 Å². The molecular weight excluding hydrogens is 284 g/mol. The standard InChI is InChI=1S/C17H23ClN2O/c18-15-7-5-6-14(12-15)17(8-9-17)19-16(21)13-20-10-3-1-2-4-11-20/h5-7,12H,1-4,8-11,13H2,(H,19,21). The molecule has 1 aliphatic heterocycles. The van der Waals surface area contributed by atoms with Crippen LogP contribution < -0.4 is 5.32 Å². The zero-order valence-corrected chi connectivity index (χ0v) is 13.2. The minimum absolute atomic E-state index is 0.148. The third kappa shape index (κ3) is 3.78. The first kappa shape index (κ1) is 14.9. The van der Waals surface area contributed by atoms with Crippen molar-refractivity contribution >= 4 is 17.5 Å². The van der Waals surface area contributed by atoms with Crippen LogP contribution in [-0.4, -0.2) is 30.4 Å². The van der Waals surface area contributed by atoms with Gasteiger partial charge in [0.05, 0.1) is 12.1 Å². The molecule has 1 aromatic carbocycles. The molecule has 1 amide bonds. The lowest BCUT2D eigenvalue weighted by Gasteiger charge is -2.23. The van der Waals surface area contributed by atoms with Gasteiger partial charge in [0.2, 0.25) is 5.91 Å². The molecule has 0 radical (unpaired) electrons. The van der Waals surface area contributed by atoms with Crippen LogP contribution in [0, 0.1) is 0 Å². The summed E-state index contributed by atoms with van der Waals surface area (Å²) in [4.78, 5) is 14.6. The zero-order chi connectivity index (χ0) is 14.7. The highest BCUT2D eigenvalue weighted by Crippen LogP contribution is 2.45. The van der Waals surface area contributed by atoms with Gasteiger partial charge in [0.25, 0.3) is 0 Å². The topological polar surface area (TPSA) is 32.3 Å². The second kappa shape index (κ2) is 6.37. The molecule has 1 aromatic rings. The van der Waals surface area contributed by atoms with Crippen molar-refractivity contribution < 1.29 is 4.79 Å². The number of carbonyl (C=O) groups excluding carboxylic acids is 1. The second-order valence-electron chi connectivity index (χ2n) is 6.33. The monoisotopic (exact) mass is 306 g/mol. The minimum atomic E-state index is -0.159. The van der Waals surface area contributed by atoms with Gasteiger partial charge in [-0.1, -0.05) is 36.6 Å². The van der Waals surface area contributed by atoms with E-state index in [-0.39, 0.29) is 11.4 Å². The Labute approximate surface area is 131 Å². The fraction of sp³-hybridized carbons (Fsp3) is 0.588. The number of nitrogens with one attached hydrogen (secondary N) is 1. The summed E-state index contributed by atoms with van der Waals surface area (Å²) in [6.07, 6.45) is 7.05. The van der Waals surface area contributed by atoms with Crippen LogP contribution in [0.5, 0.6) is 0 Å². The molecule has 0 unspecified atom stereocenters. The Bertz CT molecular complexity index is 505. The van der Waals surface area contributed by atoms with E-state index >= 15 is 0 Å². The van der Waals surface area contributed by atoms with Crippen LogP contribution in [0.15, 0.2) is 24.3 Å². The first-order valence-electron chi connectivity index (χ1n) is 7.97. The van der Waals surface area contributed by atoms with Gasteiger partial charge >= 0.3 is 0 Å². The fourth-order valence-electron chi connectivity index (χ4n) is 3.20. The SMILES string of the molecule is O=C(CN1CCCCCC1)NC1(c2cccc(Cl)c2)CC1. The van der Waals surface area contributed by atoms with Crippen LogP contribution in [0.4, 0.5) is 0 Å². The molecule has 2 aliphatic rings. The Morgan fingerprint density at radius 2 is 1.90 bits per heavy atom. The molecule has 1 saturated heterocycles. The van der Waals surface area contributed by atoms with Crippen LogP contribution >= 0.6 is 11.6 Å². The van der Waals surface area contributed by atoms with Gasteiger partial charge < -0.3 is 5.32 Å². The Balaban J connectivity index is 1.59. The summed E-state index contributed by atoms with van der Waals surface area (Å²) in [5, 5.41) is 3.98. The van der Waals surface area contributed by atoms with E-state index in [0.717, 1.165) is 36.5 Å². The van der Waals surface area contributed by atoms with E-state index in [1.54, 1.807) is 0 Å². The van der Waals surface area contributed by atoms with Gasteiger partial charge in [0.1, 0.15) is 0 Å². The Kier molecular flexibility index (Phi) is 4.51. The number of carbonyl (C=O) groups is 1. The normalized spacial score (nSPS) is 21.6. The molecule has 2 fully saturated rings. The van der Waals surface area contributed by atoms with Crippen LogP contribution in [0.3, 0.4) is 0 Å². The van der Waals surface area contributed by atoms with Crippen molar-refractivity contribution in [3.8, 4) is 0 Å². The summed E-state index contributed by atoms with van der Waals surface area (Å²) in [7, 11) is 0. The van der Waals surface area contributed by atoms with Gasteiger partial charge in [0.15, 0.2) is 0 Å². The molecule has 3 rings (SSSR count). The van der Waals surface area contributed by atoms with Crippen molar-refractivity contribution in [3.05, 3.63) is 34.9 Å². The molecule has 1 aliphatic carbocycles. The maximum Gasteiger partial charge on any atom is 0.234 e. The molecule has 4 heteroatoms. The average molecular weight is 307 g/mol. The maximum atomic E-state index is 12.4. The molecule has 1 N–H and O–H groups in total. The smallest absolute Gasteiger partial charge is 0.234 e. The Hall–Kier alpha value is -1.06. The van der Waals surface area contributed by atoms with Crippen molar-refractivity contribution in [3.63, 3.8) is 0 Å². The number of hydrogen-bond donors (Lipinski definition) is 1. The number of hydrogen-bond acceptors (Lipinski definition) is 2. The molecule has 0 atom stereocenters.